The van der Waals surface area contributed by atoms with Gasteiger partial charge in [0.2, 0.25) is 0 Å². The van der Waals surface area contributed by atoms with Gasteiger partial charge in [0.15, 0.2) is 0 Å². The number of hydrogen-bond acceptors (Lipinski definition) is 1. The molecule has 3 aromatic rings. The maximum atomic E-state index is 2.30. The molecule has 1 heterocycles. The molecule has 1 aromatic heterocycles. The van der Waals surface area contributed by atoms with Gasteiger partial charge in [0.25, 0.3) is 0 Å². The molecule has 0 aliphatic rings. The third kappa shape index (κ3) is 1.85. The normalized spacial score (nSPS) is 11.1. The van der Waals surface area contributed by atoms with E-state index < -0.39 is 0 Å². The summed E-state index contributed by atoms with van der Waals surface area (Å²) in [6, 6.07) is 15.6. The lowest BCUT2D eigenvalue weighted by Gasteiger charge is -2.03. The van der Waals surface area contributed by atoms with E-state index in [1.54, 1.807) is 0 Å². The Morgan fingerprint density at radius 3 is 2.17 bits per heavy atom. The predicted octanol–water partition coefficient (Wildman–Crippen LogP) is 5.49. The van der Waals surface area contributed by atoms with Crippen LogP contribution in [0.25, 0.3) is 21.2 Å². The number of aryl methyl sites for hydroxylation is 3. The van der Waals surface area contributed by atoms with Gasteiger partial charge in [-0.3, -0.25) is 0 Å². The average molecular weight is 252 g/mol. The smallest absolute Gasteiger partial charge is 0.0352 e. The van der Waals surface area contributed by atoms with Crippen LogP contribution >= 0.6 is 11.3 Å². The van der Waals surface area contributed by atoms with E-state index in [9.17, 15) is 0 Å². The molecule has 2 aromatic carbocycles. The molecule has 0 nitrogen and oxygen atoms in total. The second-order valence-electron chi connectivity index (χ2n) is 4.90. The van der Waals surface area contributed by atoms with Gasteiger partial charge in [-0.15, -0.1) is 11.3 Å². The maximum Gasteiger partial charge on any atom is 0.0352 e. The average Bonchev–Trinajstić information content (AvgIpc) is 2.66. The Bertz CT molecular complexity index is 702. The third-order valence-electron chi connectivity index (χ3n) is 3.36. The van der Waals surface area contributed by atoms with Gasteiger partial charge in [0.1, 0.15) is 0 Å². The standard InChI is InChI=1S/C17H16S/c1-11-4-7-14(8-5-11)17-13(3)18-16-9-6-12(2)10-15(16)17/h4-10H,1-3H3. The maximum absolute atomic E-state index is 2.30. The van der Waals surface area contributed by atoms with Crippen LogP contribution in [0.4, 0.5) is 0 Å². The van der Waals surface area contributed by atoms with Crippen LogP contribution in [-0.4, -0.2) is 0 Å². The van der Waals surface area contributed by atoms with E-state index in [2.05, 4.69) is 63.2 Å². The van der Waals surface area contributed by atoms with E-state index in [1.165, 1.54) is 37.2 Å². The van der Waals surface area contributed by atoms with Gasteiger partial charge in [-0.05, 0) is 38.5 Å². The third-order valence-corrected chi connectivity index (χ3v) is 4.45. The van der Waals surface area contributed by atoms with Crippen LogP contribution in [0.3, 0.4) is 0 Å². The molecule has 0 aliphatic heterocycles. The van der Waals surface area contributed by atoms with Crippen molar-refractivity contribution in [3.8, 4) is 11.1 Å². The van der Waals surface area contributed by atoms with Crippen molar-refractivity contribution in [2.24, 2.45) is 0 Å². The second kappa shape index (κ2) is 4.25. The summed E-state index contributed by atoms with van der Waals surface area (Å²) in [5, 5.41) is 1.39. The first-order valence-electron chi connectivity index (χ1n) is 6.22. The highest BCUT2D eigenvalue weighted by atomic mass is 32.1. The van der Waals surface area contributed by atoms with Crippen LogP contribution in [0.5, 0.6) is 0 Å². The lowest BCUT2D eigenvalue weighted by atomic mass is 10.0. The topological polar surface area (TPSA) is 0 Å². The molecule has 0 bridgehead atoms. The van der Waals surface area contributed by atoms with Crippen molar-refractivity contribution < 1.29 is 0 Å². The molecule has 0 unspecified atom stereocenters. The molecule has 0 amide bonds. The summed E-state index contributed by atoms with van der Waals surface area (Å²) in [6.07, 6.45) is 0. The fourth-order valence-corrected chi connectivity index (χ4v) is 3.48. The van der Waals surface area contributed by atoms with E-state index in [0.717, 1.165) is 0 Å². The first kappa shape index (κ1) is 11.5. The summed E-state index contributed by atoms with van der Waals surface area (Å²) in [5.74, 6) is 0. The summed E-state index contributed by atoms with van der Waals surface area (Å²) in [4.78, 5) is 1.40. The first-order valence-corrected chi connectivity index (χ1v) is 7.03. The van der Waals surface area contributed by atoms with Crippen LogP contribution in [0.15, 0.2) is 42.5 Å². The quantitative estimate of drug-likeness (QED) is 0.537. The summed E-state index contributed by atoms with van der Waals surface area (Å²) < 4.78 is 1.38. The summed E-state index contributed by atoms with van der Waals surface area (Å²) in [5.41, 5.74) is 5.37. The Morgan fingerprint density at radius 2 is 1.44 bits per heavy atom. The zero-order valence-electron chi connectivity index (χ0n) is 10.9. The van der Waals surface area contributed by atoms with E-state index in [4.69, 9.17) is 0 Å². The zero-order chi connectivity index (χ0) is 12.7. The van der Waals surface area contributed by atoms with E-state index in [-0.39, 0.29) is 0 Å². The molecule has 0 aliphatic carbocycles. The monoisotopic (exact) mass is 252 g/mol. The molecule has 18 heavy (non-hydrogen) atoms. The van der Waals surface area contributed by atoms with Gasteiger partial charge in [-0.1, -0.05) is 41.5 Å². The highest BCUT2D eigenvalue weighted by Gasteiger charge is 2.10. The summed E-state index contributed by atoms with van der Waals surface area (Å²) in [7, 11) is 0. The molecule has 0 fully saturated rings. The van der Waals surface area contributed by atoms with Gasteiger partial charge in [0, 0.05) is 20.5 Å². The number of fused-ring (bicyclic) bond motifs is 1. The van der Waals surface area contributed by atoms with Gasteiger partial charge in [0.05, 0.1) is 0 Å². The molecule has 1 heteroatoms. The van der Waals surface area contributed by atoms with Crippen molar-refractivity contribution >= 4 is 21.4 Å². The number of benzene rings is 2. The molecule has 0 atom stereocenters. The van der Waals surface area contributed by atoms with Gasteiger partial charge < -0.3 is 0 Å². The van der Waals surface area contributed by atoms with Crippen LogP contribution in [0.2, 0.25) is 0 Å². The minimum atomic E-state index is 1.31. The second-order valence-corrected chi connectivity index (χ2v) is 6.16. The molecule has 3 rings (SSSR count). The molecule has 90 valence electrons. The van der Waals surface area contributed by atoms with Crippen molar-refractivity contribution in [1.29, 1.82) is 0 Å². The zero-order valence-corrected chi connectivity index (χ0v) is 11.8. The van der Waals surface area contributed by atoms with Crippen molar-refractivity contribution in [2.75, 3.05) is 0 Å². The van der Waals surface area contributed by atoms with Crippen LogP contribution in [0, 0.1) is 20.8 Å². The van der Waals surface area contributed by atoms with Gasteiger partial charge >= 0.3 is 0 Å². The van der Waals surface area contributed by atoms with E-state index >= 15 is 0 Å². The van der Waals surface area contributed by atoms with Crippen LogP contribution in [0.1, 0.15) is 16.0 Å². The molecule has 0 saturated heterocycles. The Balaban J connectivity index is 2.30. The number of rotatable bonds is 1. The minimum Gasteiger partial charge on any atom is -0.140 e. The molecular formula is C17H16S. The molecule has 0 radical (unpaired) electrons. The lowest BCUT2D eigenvalue weighted by molar-refractivity contribution is 1.47. The van der Waals surface area contributed by atoms with Gasteiger partial charge in [-0.2, -0.15) is 0 Å². The largest absolute Gasteiger partial charge is 0.140 e. The number of thiophene rings is 1. The molecule has 0 N–H and O–H groups in total. The van der Waals surface area contributed by atoms with Crippen LogP contribution in [-0.2, 0) is 0 Å². The highest BCUT2D eigenvalue weighted by molar-refractivity contribution is 7.19. The van der Waals surface area contributed by atoms with Crippen LogP contribution < -0.4 is 0 Å². The summed E-state index contributed by atoms with van der Waals surface area (Å²) in [6.45, 7) is 6.51. The fourth-order valence-electron chi connectivity index (χ4n) is 2.41. The Kier molecular flexibility index (Phi) is 2.71. The molecule has 0 spiro atoms. The number of hydrogen-bond donors (Lipinski definition) is 0. The van der Waals surface area contributed by atoms with Crippen molar-refractivity contribution in [3.63, 3.8) is 0 Å². The predicted molar refractivity (Wildman–Crippen MR) is 81.5 cm³/mol. The molecule has 0 saturated carbocycles. The van der Waals surface area contributed by atoms with Crippen molar-refractivity contribution in [3.05, 3.63) is 58.5 Å². The van der Waals surface area contributed by atoms with E-state index in [1.807, 2.05) is 11.3 Å². The fraction of sp³-hybridized carbons (Fsp3) is 0.176. The SMILES string of the molecule is Cc1ccc(-c2c(C)sc3ccc(C)cc23)cc1. The first-order chi connectivity index (χ1) is 8.65. The van der Waals surface area contributed by atoms with Crippen molar-refractivity contribution in [2.45, 2.75) is 20.8 Å². The van der Waals surface area contributed by atoms with E-state index in [0.29, 0.717) is 0 Å². The Hall–Kier alpha value is -1.60. The molecular weight excluding hydrogens is 236 g/mol. The Labute approximate surface area is 112 Å². The van der Waals surface area contributed by atoms with Gasteiger partial charge in [-0.25, -0.2) is 0 Å². The lowest BCUT2D eigenvalue weighted by Crippen LogP contribution is -1.80. The summed E-state index contributed by atoms with van der Waals surface area (Å²) >= 11 is 1.89. The minimum absolute atomic E-state index is 1.31. The van der Waals surface area contributed by atoms with Crippen molar-refractivity contribution in [1.82, 2.24) is 0 Å². The highest BCUT2D eigenvalue weighted by Crippen LogP contribution is 2.38. The Morgan fingerprint density at radius 1 is 0.778 bits per heavy atom.